The van der Waals surface area contributed by atoms with E-state index in [2.05, 4.69) is 40.8 Å². The number of nitrogens with one attached hydrogen (secondary N) is 1. The molecule has 1 aliphatic carbocycles. The standard InChI is InChI=1S/C25H30N4O3S/c1-15-3-5-18-21(11-15)33-25-22(18)24(30)26-23(27-25)16(2)29-9-7-28(8-10-29)13-17-4-6-19-20(12-17)32-14-31-19/h4,6,12,15-16H,3,5,7-11,13-14H2,1-2H3,(H,26,27,30)/t15-,16-/m0/s1. The van der Waals surface area contributed by atoms with Crippen molar-refractivity contribution in [2.24, 2.45) is 5.92 Å². The molecule has 8 heteroatoms. The van der Waals surface area contributed by atoms with E-state index >= 15 is 0 Å². The van der Waals surface area contributed by atoms with E-state index in [1.165, 1.54) is 16.0 Å². The van der Waals surface area contributed by atoms with Gasteiger partial charge < -0.3 is 14.5 Å². The van der Waals surface area contributed by atoms with Crippen molar-refractivity contribution in [1.29, 1.82) is 0 Å². The van der Waals surface area contributed by atoms with Crippen LogP contribution in [-0.2, 0) is 19.4 Å². The maximum atomic E-state index is 13.0. The van der Waals surface area contributed by atoms with Crippen molar-refractivity contribution in [3.05, 3.63) is 50.4 Å². The number of ether oxygens (including phenoxy) is 2. The molecule has 4 heterocycles. The Labute approximate surface area is 197 Å². The first-order valence-electron chi connectivity index (χ1n) is 11.9. The van der Waals surface area contributed by atoms with Crippen LogP contribution in [0.3, 0.4) is 0 Å². The molecular formula is C25H30N4O3S. The predicted octanol–water partition coefficient (Wildman–Crippen LogP) is 3.72. The zero-order valence-corrected chi connectivity index (χ0v) is 20.0. The highest BCUT2D eigenvalue weighted by Gasteiger charge is 2.27. The van der Waals surface area contributed by atoms with Crippen molar-refractivity contribution in [2.75, 3.05) is 33.0 Å². The lowest BCUT2D eigenvalue weighted by Crippen LogP contribution is -2.47. The van der Waals surface area contributed by atoms with Gasteiger partial charge in [0.25, 0.3) is 5.56 Å². The van der Waals surface area contributed by atoms with Crippen LogP contribution in [-0.4, -0.2) is 52.7 Å². The molecule has 3 aliphatic rings. The first-order valence-corrected chi connectivity index (χ1v) is 12.8. The highest BCUT2D eigenvalue weighted by molar-refractivity contribution is 7.18. The molecule has 2 aliphatic heterocycles. The predicted molar refractivity (Wildman–Crippen MR) is 129 cm³/mol. The molecule has 0 amide bonds. The third kappa shape index (κ3) is 3.94. The average molecular weight is 467 g/mol. The average Bonchev–Trinajstić information content (AvgIpc) is 3.42. The summed E-state index contributed by atoms with van der Waals surface area (Å²) in [5.41, 5.74) is 2.53. The number of benzene rings is 1. The second-order valence-electron chi connectivity index (χ2n) is 9.66. The molecule has 1 saturated heterocycles. The minimum Gasteiger partial charge on any atom is -0.454 e. The smallest absolute Gasteiger partial charge is 0.259 e. The molecule has 0 unspecified atom stereocenters. The van der Waals surface area contributed by atoms with Gasteiger partial charge in [0.05, 0.1) is 11.4 Å². The molecule has 2 aromatic heterocycles. The van der Waals surface area contributed by atoms with Crippen LogP contribution in [0.4, 0.5) is 0 Å². The van der Waals surface area contributed by atoms with Crippen molar-refractivity contribution in [2.45, 2.75) is 45.7 Å². The Kier molecular flexibility index (Phi) is 5.39. The summed E-state index contributed by atoms with van der Waals surface area (Å²) >= 11 is 1.73. The molecule has 0 saturated carbocycles. The normalized spacial score (nSPS) is 21.9. The SMILES string of the molecule is C[C@H]1CCc2c(sc3nc([C@H](C)N4CCN(Cc5ccc6c(c5)OCO6)CC4)[nH]c(=O)c23)C1. The maximum absolute atomic E-state index is 13.0. The number of thiophene rings is 1. The minimum absolute atomic E-state index is 0.0374. The van der Waals surface area contributed by atoms with E-state index in [9.17, 15) is 4.79 Å². The third-order valence-electron chi connectivity index (χ3n) is 7.38. The first kappa shape index (κ1) is 21.1. The van der Waals surface area contributed by atoms with E-state index < -0.39 is 0 Å². The fourth-order valence-corrected chi connectivity index (χ4v) is 6.73. The number of hydrogen-bond donors (Lipinski definition) is 1. The Bertz CT molecular complexity index is 1240. The summed E-state index contributed by atoms with van der Waals surface area (Å²) in [6, 6.07) is 6.29. The zero-order valence-electron chi connectivity index (χ0n) is 19.2. The van der Waals surface area contributed by atoms with E-state index in [-0.39, 0.29) is 11.6 Å². The van der Waals surface area contributed by atoms with Gasteiger partial charge in [-0.15, -0.1) is 11.3 Å². The highest BCUT2D eigenvalue weighted by atomic mass is 32.1. The van der Waals surface area contributed by atoms with Crippen LogP contribution < -0.4 is 15.0 Å². The molecular weight excluding hydrogens is 436 g/mol. The molecule has 2 atom stereocenters. The van der Waals surface area contributed by atoms with E-state index in [0.29, 0.717) is 12.7 Å². The lowest BCUT2D eigenvalue weighted by atomic mass is 9.89. The number of aromatic nitrogens is 2. The van der Waals surface area contributed by atoms with E-state index in [4.69, 9.17) is 14.5 Å². The van der Waals surface area contributed by atoms with E-state index in [1.54, 1.807) is 11.3 Å². The van der Waals surface area contributed by atoms with E-state index in [0.717, 1.165) is 79.5 Å². The summed E-state index contributed by atoms with van der Waals surface area (Å²) in [6.07, 6.45) is 3.24. The molecule has 1 N–H and O–H groups in total. The van der Waals surface area contributed by atoms with Crippen LogP contribution in [0, 0.1) is 5.92 Å². The Balaban J connectivity index is 1.14. The van der Waals surface area contributed by atoms with Crippen LogP contribution in [0.15, 0.2) is 23.0 Å². The topological polar surface area (TPSA) is 70.7 Å². The van der Waals surface area contributed by atoms with Gasteiger partial charge >= 0.3 is 0 Å². The summed E-state index contributed by atoms with van der Waals surface area (Å²) in [7, 11) is 0. The fourth-order valence-electron chi connectivity index (χ4n) is 5.34. The number of fused-ring (bicyclic) bond motifs is 4. The van der Waals surface area contributed by atoms with Gasteiger partial charge in [-0.05, 0) is 55.4 Å². The van der Waals surface area contributed by atoms with Crippen molar-refractivity contribution in [3.63, 3.8) is 0 Å². The highest BCUT2D eigenvalue weighted by Crippen LogP contribution is 2.36. The zero-order chi connectivity index (χ0) is 22.5. The molecule has 0 radical (unpaired) electrons. The quantitative estimate of drug-likeness (QED) is 0.632. The van der Waals surface area contributed by atoms with Gasteiger partial charge in [-0.1, -0.05) is 13.0 Å². The summed E-state index contributed by atoms with van der Waals surface area (Å²) in [6.45, 7) is 9.53. The number of nitrogens with zero attached hydrogens (tertiary/aromatic N) is 3. The summed E-state index contributed by atoms with van der Waals surface area (Å²) in [4.78, 5) is 28.2. The number of aryl methyl sites for hydroxylation is 1. The molecule has 1 aromatic carbocycles. The first-order chi connectivity index (χ1) is 16.0. The molecule has 0 bridgehead atoms. The van der Waals surface area contributed by atoms with Gasteiger partial charge in [0.2, 0.25) is 6.79 Å². The number of H-pyrrole nitrogens is 1. The Morgan fingerprint density at radius 1 is 1.21 bits per heavy atom. The Hall–Kier alpha value is -2.42. The largest absolute Gasteiger partial charge is 0.454 e. The van der Waals surface area contributed by atoms with Gasteiger partial charge in [0.1, 0.15) is 10.7 Å². The number of rotatable bonds is 4. The van der Waals surface area contributed by atoms with Gasteiger partial charge in [0, 0.05) is 37.6 Å². The third-order valence-corrected chi connectivity index (χ3v) is 8.53. The Morgan fingerprint density at radius 3 is 2.88 bits per heavy atom. The van der Waals surface area contributed by atoms with Crippen LogP contribution in [0.5, 0.6) is 11.5 Å². The second-order valence-corrected chi connectivity index (χ2v) is 10.7. The van der Waals surface area contributed by atoms with Crippen LogP contribution in [0.25, 0.3) is 10.2 Å². The van der Waals surface area contributed by atoms with Crippen LogP contribution >= 0.6 is 11.3 Å². The molecule has 7 nitrogen and oxygen atoms in total. The Morgan fingerprint density at radius 2 is 2.03 bits per heavy atom. The van der Waals surface area contributed by atoms with Gasteiger partial charge in [-0.25, -0.2) is 4.98 Å². The van der Waals surface area contributed by atoms with Crippen LogP contribution in [0.1, 0.15) is 48.1 Å². The summed E-state index contributed by atoms with van der Waals surface area (Å²) in [5.74, 6) is 3.16. The van der Waals surface area contributed by atoms with Gasteiger partial charge in [-0.3, -0.25) is 14.6 Å². The minimum atomic E-state index is 0.0374. The summed E-state index contributed by atoms with van der Waals surface area (Å²) in [5, 5.41) is 0.839. The van der Waals surface area contributed by atoms with Crippen molar-refractivity contribution in [1.82, 2.24) is 19.8 Å². The number of hydrogen-bond acceptors (Lipinski definition) is 7. The molecule has 0 spiro atoms. The molecule has 3 aromatic rings. The van der Waals surface area contributed by atoms with Gasteiger partial charge in [-0.2, -0.15) is 0 Å². The molecule has 6 rings (SSSR count). The lowest BCUT2D eigenvalue weighted by molar-refractivity contribution is 0.0948. The van der Waals surface area contributed by atoms with Crippen molar-refractivity contribution >= 4 is 21.6 Å². The summed E-state index contributed by atoms with van der Waals surface area (Å²) < 4.78 is 10.9. The number of aromatic amines is 1. The molecule has 1 fully saturated rings. The van der Waals surface area contributed by atoms with Crippen LogP contribution in [0.2, 0.25) is 0 Å². The number of piperazine rings is 1. The van der Waals surface area contributed by atoms with E-state index in [1.807, 2.05) is 6.07 Å². The monoisotopic (exact) mass is 466 g/mol. The molecule has 33 heavy (non-hydrogen) atoms. The maximum Gasteiger partial charge on any atom is 0.259 e. The fraction of sp³-hybridized carbons (Fsp3) is 0.520. The van der Waals surface area contributed by atoms with Crippen molar-refractivity contribution in [3.8, 4) is 11.5 Å². The van der Waals surface area contributed by atoms with Crippen molar-refractivity contribution < 1.29 is 9.47 Å². The van der Waals surface area contributed by atoms with Gasteiger partial charge in [0.15, 0.2) is 11.5 Å². The lowest BCUT2D eigenvalue weighted by Gasteiger charge is -2.37. The molecule has 174 valence electrons. The second kappa shape index (κ2) is 8.42.